The number of carbonyl (C=O) groups excluding carboxylic acids is 1. The monoisotopic (exact) mass is 263 g/mol. The van der Waals surface area contributed by atoms with Gasteiger partial charge in [-0.05, 0) is 38.7 Å². The van der Waals surface area contributed by atoms with Crippen LogP contribution in [0.4, 0.5) is 0 Å². The Labute approximate surface area is 116 Å². The molecule has 1 amide bonds. The van der Waals surface area contributed by atoms with Gasteiger partial charge in [-0.3, -0.25) is 4.79 Å². The van der Waals surface area contributed by atoms with Crippen LogP contribution in [0.25, 0.3) is 0 Å². The van der Waals surface area contributed by atoms with Crippen molar-refractivity contribution >= 4 is 5.91 Å². The first-order valence-corrected chi connectivity index (χ1v) is 6.75. The van der Waals surface area contributed by atoms with E-state index in [4.69, 9.17) is 0 Å². The smallest absolute Gasteiger partial charge is 0.234 e. The molecule has 0 spiro atoms. The van der Waals surface area contributed by atoms with Gasteiger partial charge in [0.15, 0.2) is 0 Å². The van der Waals surface area contributed by atoms with Crippen LogP contribution in [0, 0.1) is 0 Å². The minimum Gasteiger partial charge on any atom is -0.353 e. The van der Waals surface area contributed by atoms with Gasteiger partial charge in [0, 0.05) is 6.54 Å². The summed E-state index contributed by atoms with van der Waals surface area (Å²) in [5.41, 5.74) is 2.56. The molecule has 1 atom stereocenters. The third-order valence-electron chi connectivity index (χ3n) is 3.23. The minimum absolute atomic E-state index is 0.0273. The topological polar surface area (TPSA) is 44.4 Å². The lowest BCUT2D eigenvalue weighted by atomic mass is 10.0. The summed E-state index contributed by atoms with van der Waals surface area (Å²) in [7, 11) is 5.83. The molecule has 0 fully saturated rings. The molecule has 4 heteroatoms. The van der Waals surface area contributed by atoms with E-state index in [9.17, 15) is 4.79 Å². The van der Waals surface area contributed by atoms with Gasteiger partial charge in [-0.1, -0.05) is 31.2 Å². The number of nitrogens with one attached hydrogen (secondary N) is 2. The van der Waals surface area contributed by atoms with E-state index in [0.717, 1.165) is 6.42 Å². The summed E-state index contributed by atoms with van der Waals surface area (Å²) in [5, 5.41) is 5.80. The van der Waals surface area contributed by atoms with Crippen LogP contribution >= 0.6 is 0 Å². The van der Waals surface area contributed by atoms with Crippen molar-refractivity contribution in [2.75, 3.05) is 34.2 Å². The van der Waals surface area contributed by atoms with Gasteiger partial charge in [0.1, 0.15) is 0 Å². The van der Waals surface area contributed by atoms with Crippen molar-refractivity contribution in [1.82, 2.24) is 15.5 Å². The normalized spacial score (nSPS) is 12.5. The fraction of sp³-hybridized carbons (Fsp3) is 0.533. The second-order valence-electron chi connectivity index (χ2n) is 4.91. The highest BCUT2D eigenvalue weighted by molar-refractivity contribution is 5.77. The van der Waals surface area contributed by atoms with E-state index in [-0.39, 0.29) is 11.9 Å². The van der Waals surface area contributed by atoms with Gasteiger partial charge in [-0.15, -0.1) is 0 Å². The van der Waals surface area contributed by atoms with Crippen molar-refractivity contribution in [2.24, 2.45) is 0 Å². The molecule has 1 aromatic rings. The van der Waals surface area contributed by atoms with Gasteiger partial charge in [0.05, 0.1) is 12.6 Å². The standard InChI is InChI=1S/C15H25N3O/c1-5-12-6-8-13(9-7-12)14(18(3)4)10-17-15(19)11-16-2/h6-9,14,16H,5,10-11H2,1-4H3,(H,17,19). The first-order chi connectivity index (χ1) is 9.08. The van der Waals surface area contributed by atoms with Gasteiger partial charge in [0.25, 0.3) is 0 Å². The van der Waals surface area contributed by atoms with Gasteiger partial charge in [0.2, 0.25) is 5.91 Å². The van der Waals surface area contributed by atoms with Crippen molar-refractivity contribution in [3.8, 4) is 0 Å². The van der Waals surface area contributed by atoms with Crippen LogP contribution in [-0.4, -0.2) is 45.0 Å². The Bertz CT molecular complexity index is 387. The molecule has 0 saturated heterocycles. The molecule has 0 heterocycles. The van der Waals surface area contributed by atoms with Crippen LogP contribution in [0.15, 0.2) is 24.3 Å². The molecule has 106 valence electrons. The van der Waals surface area contributed by atoms with E-state index in [1.807, 2.05) is 14.1 Å². The number of benzene rings is 1. The molecule has 2 N–H and O–H groups in total. The molecular formula is C15H25N3O. The summed E-state index contributed by atoms with van der Waals surface area (Å²) in [6.07, 6.45) is 1.05. The Hall–Kier alpha value is -1.39. The molecule has 0 aliphatic heterocycles. The van der Waals surface area contributed by atoms with E-state index < -0.39 is 0 Å². The van der Waals surface area contributed by atoms with Crippen molar-refractivity contribution in [2.45, 2.75) is 19.4 Å². The zero-order valence-electron chi connectivity index (χ0n) is 12.4. The summed E-state index contributed by atoms with van der Waals surface area (Å²) < 4.78 is 0. The largest absolute Gasteiger partial charge is 0.353 e. The maximum atomic E-state index is 11.5. The Morgan fingerprint density at radius 3 is 2.37 bits per heavy atom. The van der Waals surface area contributed by atoms with Crippen molar-refractivity contribution in [3.63, 3.8) is 0 Å². The third-order valence-corrected chi connectivity index (χ3v) is 3.23. The number of hydrogen-bond donors (Lipinski definition) is 2. The number of carbonyl (C=O) groups is 1. The van der Waals surface area contributed by atoms with E-state index in [1.54, 1.807) is 7.05 Å². The molecule has 0 aliphatic rings. The molecule has 1 rings (SSSR count). The second-order valence-corrected chi connectivity index (χ2v) is 4.91. The SMILES string of the molecule is CCc1ccc(C(CNC(=O)CNC)N(C)C)cc1. The Kier molecular flexibility index (Phi) is 6.53. The maximum absolute atomic E-state index is 11.5. The van der Waals surface area contributed by atoms with Crippen LogP contribution in [0.5, 0.6) is 0 Å². The predicted octanol–water partition coefficient (Wildman–Crippen LogP) is 1.19. The molecule has 4 nitrogen and oxygen atoms in total. The Morgan fingerprint density at radius 2 is 1.89 bits per heavy atom. The van der Waals surface area contributed by atoms with Crippen LogP contribution in [-0.2, 0) is 11.2 Å². The Morgan fingerprint density at radius 1 is 1.26 bits per heavy atom. The lowest BCUT2D eigenvalue weighted by Crippen LogP contribution is -2.38. The highest BCUT2D eigenvalue weighted by atomic mass is 16.1. The number of likely N-dealkylation sites (N-methyl/N-ethyl adjacent to an activating group) is 2. The molecule has 1 aromatic carbocycles. The van der Waals surface area contributed by atoms with Crippen LogP contribution in [0.2, 0.25) is 0 Å². The summed E-state index contributed by atoms with van der Waals surface area (Å²) in [5.74, 6) is 0.0273. The van der Waals surface area contributed by atoms with Crippen molar-refractivity contribution in [3.05, 3.63) is 35.4 Å². The van der Waals surface area contributed by atoms with E-state index in [2.05, 4.69) is 46.7 Å². The minimum atomic E-state index is 0.0273. The fourth-order valence-corrected chi connectivity index (χ4v) is 2.01. The lowest BCUT2D eigenvalue weighted by molar-refractivity contribution is -0.120. The molecule has 0 aliphatic carbocycles. The quantitative estimate of drug-likeness (QED) is 0.776. The Balaban J connectivity index is 2.68. The van der Waals surface area contributed by atoms with E-state index in [1.165, 1.54) is 11.1 Å². The first kappa shape index (κ1) is 15.7. The molecular weight excluding hydrogens is 238 g/mol. The molecule has 0 saturated carbocycles. The number of rotatable bonds is 7. The van der Waals surface area contributed by atoms with E-state index >= 15 is 0 Å². The zero-order chi connectivity index (χ0) is 14.3. The highest BCUT2D eigenvalue weighted by Gasteiger charge is 2.14. The summed E-state index contributed by atoms with van der Waals surface area (Å²) >= 11 is 0. The van der Waals surface area contributed by atoms with Gasteiger partial charge >= 0.3 is 0 Å². The molecule has 0 radical (unpaired) electrons. The maximum Gasteiger partial charge on any atom is 0.234 e. The fourth-order valence-electron chi connectivity index (χ4n) is 2.01. The van der Waals surface area contributed by atoms with Crippen molar-refractivity contribution in [1.29, 1.82) is 0 Å². The summed E-state index contributed by atoms with van der Waals surface area (Å²) in [6.45, 7) is 3.13. The lowest BCUT2D eigenvalue weighted by Gasteiger charge is -2.25. The van der Waals surface area contributed by atoms with Gasteiger partial charge in [-0.2, -0.15) is 0 Å². The number of amides is 1. The highest BCUT2D eigenvalue weighted by Crippen LogP contribution is 2.18. The average Bonchev–Trinajstić information content (AvgIpc) is 2.39. The average molecular weight is 263 g/mol. The predicted molar refractivity (Wildman–Crippen MR) is 79.2 cm³/mol. The molecule has 0 aromatic heterocycles. The van der Waals surface area contributed by atoms with Crippen LogP contribution in [0.1, 0.15) is 24.1 Å². The van der Waals surface area contributed by atoms with Gasteiger partial charge in [-0.25, -0.2) is 0 Å². The van der Waals surface area contributed by atoms with Crippen molar-refractivity contribution < 1.29 is 4.79 Å². The number of aryl methyl sites for hydroxylation is 1. The summed E-state index contributed by atoms with van der Waals surface area (Å²) in [6, 6.07) is 8.80. The van der Waals surface area contributed by atoms with E-state index in [0.29, 0.717) is 13.1 Å². The van der Waals surface area contributed by atoms with Crippen LogP contribution in [0.3, 0.4) is 0 Å². The summed E-state index contributed by atoms with van der Waals surface area (Å²) in [4.78, 5) is 13.6. The first-order valence-electron chi connectivity index (χ1n) is 6.75. The number of nitrogens with zero attached hydrogens (tertiary/aromatic N) is 1. The van der Waals surface area contributed by atoms with Gasteiger partial charge < -0.3 is 15.5 Å². The van der Waals surface area contributed by atoms with Crippen LogP contribution < -0.4 is 10.6 Å². The molecule has 19 heavy (non-hydrogen) atoms. The molecule has 1 unspecified atom stereocenters. The zero-order valence-corrected chi connectivity index (χ0v) is 12.4. The number of hydrogen-bond acceptors (Lipinski definition) is 3. The second kappa shape index (κ2) is 7.92. The molecule has 0 bridgehead atoms. The third kappa shape index (κ3) is 5.01.